The highest BCUT2D eigenvalue weighted by atomic mass is 32.2. The van der Waals surface area contributed by atoms with E-state index >= 15 is 0 Å². The van der Waals surface area contributed by atoms with Gasteiger partial charge in [-0.2, -0.15) is 5.10 Å². The number of hydrogen-bond acceptors (Lipinski definition) is 5. The van der Waals surface area contributed by atoms with E-state index < -0.39 is 16.0 Å². The first-order valence-electron chi connectivity index (χ1n) is 8.32. The van der Waals surface area contributed by atoms with Gasteiger partial charge in [0, 0.05) is 0 Å². The molecule has 0 saturated heterocycles. The molecule has 27 heavy (non-hydrogen) atoms. The van der Waals surface area contributed by atoms with Crippen molar-refractivity contribution in [1.29, 1.82) is 0 Å². The standard InChI is InChI=1S/C19H19N3O4S/c1-3-26-19(23)17-13-20-22(15-9-5-4-6-10-15)18(17)21-27(24,25)16-11-7-8-14(2)12-16/h4-13,21H,3H2,1-2H3. The van der Waals surface area contributed by atoms with Gasteiger partial charge in [0.15, 0.2) is 5.82 Å². The van der Waals surface area contributed by atoms with Crippen molar-refractivity contribution in [2.75, 3.05) is 11.3 Å². The van der Waals surface area contributed by atoms with Crippen LogP contribution < -0.4 is 4.72 Å². The van der Waals surface area contributed by atoms with Crippen LogP contribution in [0.5, 0.6) is 0 Å². The maximum Gasteiger partial charge on any atom is 0.343 e. The molecule has 7 nitrogen and oxygen atoms in total. The number of aryl methyl sites for hydroxylation is 1. The maximum absolute atomic E-state index is 12.9. The molecule has 0 aliphatic heterocycles. The van der Waals surface area contributed by atoms with E-state index in [0.29, 0.717) is 5.69 Å². The van der Waals surface area contributed by atoms with Crippen molar-refractivity contribution >= 4 is 21.8 Å². The monoisotopic (exact) mass is 385 g/mol. The summed E-state index contributed by atoms with van der Waals surface area (Å²) in [5.41, 5.74) is 1.45. The second-order valence-electron chi connectivity index (χ2n) is 5.80. The van der Waals surface area contributed by atoms with Crippen LogP contribution in [0.15, 0.2) is 65.7 Å². The van der Waals surface area contributed by atoms with Crippen LogP contribution >= 0.6 is 0 Å². The number of rotatable bonds is 6. The van der Waals surface area contributed by atoms with E-state index in [4.69, 9.17) is 4.74 Å². The zero-order valence-electron chi connectivity index (χ0n) is 14.9. The fraction of sp³-hybridized carbons (Fsp3) is 0.158. The van der Waals surface area contributed by atoms with Crippen molar-refractivity contribution in [3.05, 3.63) is 71.9 Å². The lowest BCUT2D eigenvalue weighted by atomic mass is 10.2. The second-order valence-corrected chi connectivity index (χ2v) is 7.48. The summed E-state index contributed by atoms with van der Waals surface area (Å²) in [4.78, 5) is 12.4. The summed E-state index contributed by atoms with van der Waals surface area (Å²) in [5.74, 6) is -0.622. The van der Waals surface area contributed by atoms with Crippen LogP contribution in [0.25, 0.3) is 5.69 Å². The van der Waals surface area contributed by atoms with Gasteiger partial charge in [0.05, 0.1) is 23.4 Å². The van der Waals surface area contributed by atoms with Gasteiger partial charge < -0.3 is 4.74 Å². The molecule has 1 aromatic heterocycles. The number of carbonyl (C=O) groups excluding carboxylic acids is 1. The predicted octanol–water partition coefficient (Wildman–Crippen LogP) is 3.16. The molecule has 0 atom stereocenters. The van der Waals surface area contributed by atoms with Crippen molar-refractivity contribution in [1.82, 2.24) is 9.78 Å². The first-order chi connectivity index (χ1) is 12.9. The van der Waals surface area contributed by atoms with Crippen LogP contribution in [0.2, 0.25) is 0 Å². The van der Waals surface area contributed by atoms with Crippen LogP contribution in [0.3, 0.4) is 0 Å². The number of sulfonamides is 1. The average Bonchev–Trinajstić information content (AvgIpc) is 3.05. The zero-order chi connectivity index (χ0) is 19.4. The fourth-order valence-electron chi connectivity index (χ4n) is 2.54. The van der Waals surface area contributed by atoms with Gasteiger partial charge in [-0.05, 0) is 43.7 Å². The Morgan fingerprint density at radius 3 is 2.56 bits per heavy atom. The lowest BCUT2D eigenvalue weighted by molar-refractivity contribution is 0.0527. The Balaban J connectivity index is 2.09. The summed E-state index contributed by atoms with van der Waals surface area (Å²) in [6, 6.07) is 15.4. The Kier molecular flexibility index (Phi) is 5.27. The number of ether oxygens (including phenoxy) is 1. The van der Waals surface area contributed by atoms with Crippen LogP contribution in [0, 0.1) is 6.92 Å². The summed E-state index contributed by atoms with van der Waals surface area (Å²) in [6.45, 7) is 3.65. The summed E-state index contributed by atoms with van der Waals surface area (Å²) in [5, 5.41) is 4.17. The largest absolute Gasteiger partial charge is 0.462 e. The lowest BCUT2D eigenvalue weighted by Gasteiger charge is -2.13. The average molecular weight is 385 g/mol. The Hall–Kier alpha value is -3.13. The molecule has 0 radical (unpaired) electrons. The number of para-hydroxylation sites is 1. The van der Waals surface area contributed by atoms with Gasteiger partial charge in [-0.15, -0.1) is 0 Å². The molecular weight excluding hydrogens is 366 g/mol. The van der Waals surface area contributed by atoms with Gasteiger partial charge in [-0.1, -0.05) is 30.3 Å². The first-order valence-corrected chi connectivity index (χ1v) is 9.80. The lowest BCUT2D eigenvalue weighted by Crippen LogP contribution is -2.18. The summed E-state index contributed by atoms with van der Waals surface area (Å²) < 4.78 is 34.6. The summed E-state index contributed by atoms with van der Waals surface area (Å²) >= 11 is 0. The molecule has 0 amide bonds. The number of anilines is 1. The van der Waals surface area contributed by atoms with Crippen LogP contribution in [0.4, 0.5) is 5.82 Å². The minimum atomic E-state index is -3.93. The molecule has 3 rings (SSSR count). The van der Waals surface area contributed by atoms with E-state index in [0.717, 1.165) is 5.56 Å². The Morgan fingerprint density at radius 1 is 1.15 bits per heavy atom. The number of carbonyl (C=O) groups is 1. The van der Waals surface area contributed by atoms with Gasteiger partial charge >= 0.3 is 5.97 Å². The van der Waals surface area contributed by atoms with Crippen molar-refractivity contribution in [3.8, 4) is 5.69 Å². The van der Waals surface area contributed by atoms with Crippen molar-refractivity contribution in [3.63, 3.8) is 0 Å². The van der Waals surface area contributed by atoms with E-state index in [9.17, 15) is 13.2 Å². The molecule has 140 valence electrons. The van der Waals surface area contributed by atoms with Crippen molar-refractivity contribution in [2.45, 2.75) is 18.7 Å². The highest BCUT2D eigenvalue weighted by molar-refractivity contribution is 7.92. The van der Waals surface area contributed by atoms with Crippen LogP contribution in [0.1, 0.15) is 22.8 Å². The Bertz CT molecular complexity index is 1060. The molecule has 1 N–H and O–H groups in total. The molecule has 0 bridgehead atoms. The second kappa shape index (κ2) is 7.63. The SMILES string of the molecule is CCOC(=O)c1cnn(-c2ccccc2)c1NS(=O)(=O)c1cccc(C)c1. The van der Waals surface area contributed by atoms with Crippen LogP contribution in [-0.2, 0) is 14.8 Å². The molecule has 3 aromatic rings. The molecule has 0 aliphatic rings. The van der Waals surface area contributed by atoms with Gasteiger partial charge in [0.1, 0.15) is 5.56 Å². The maximum atomic E-state index is 12.9. The predicted molar refractivity (Wildman–Crippen MR) is 102 cm³/mol. The minimum Gasteiger partial charge on any atom is -0.462 e. The molecule has 0 saturated carbocycles. The van der Waals surface area contributed by atoms with Gasteiger partial charge in [-0.25, -0.2) is 17.9 Å². The topological polar surface area (TPSA) is 90.3 Å². The number of benzene rings is 2. The quantitative estimate of drug-likeness (QED) is 0.658. The van der Waals surface area contributed by atoms with Gasteiger partial charge in [-0.3, -0.25) is 4.72 Å². The van der Waals surface area contributed by atoms with Gasteiger partial charge in [0.25, 0.3) is 10.0 Å². The number of aromatic nitrogens is 2. The highest BCUT2D eigenvalue weighted by Crippen LogP contribution is 2.24. The minimum absolute atomic E-state index is 0.0288. The number of nitrogens with one attached hydrogen (secondary N) is 1. The number of esters is 1. The summed E-state index contributed by atoms with van der Waals surface area (Å²) in [7, 11) is -3.93. The number of nitrogens with zero attached hydrogens (tertiary/aromatic N) is 2. The first kappa shape index (κ1) is 18.7. The smallest absolute Gasteiger partial charge is 0.343 e. The normalized spacial score (nSPS) is 11.2. The van der Waals surface area contributed by atoms with Gasteiger partial charge in [0.2, 0.25) is 0 Å². The molecule has 1 heterocycles. The Labute approximate surface area is 157 Å². The third-order valence-corrected chi connectivity index (χ3v) is 5.13. The molecule has 0 spiro atoms. The molecular formula is C19H19N3O4S. The van der Waals surface area contributed by atoms with Crippen LogP contribution in [-0.4, -0.2) is 30.8 Å². The van der Waals surface area contributed by atoms with E-state index in [1.54, 1.807) is 56.3 Å². The molecule has 2 aromatic carbocycles. The van der Waals surface area contributed by atoms with E-state index in [1.165, 1.54) is 16.9 Å². The third kappa shape index (κ3) is 4.01. The van der Waals surface area contributed by atoms with E-state index in [1.807, 2.05) is 6.07 Å². The van der Waals surface area contributed by atoms with E-state index in [-0.39, 0.29) is 22.9 Å². The molecule has 8 heteroatoms. The molecule has 0 aliphatic carbocycles. The van der Waals surface area contributed by atoms with Crippen molar-refractivity contribution in [2.24, 2.45) is 0 Å². The summed E-state index contributed by atoms with van der Waals surface area (Å²) in [6.07, 6.45) is 1.29. The zero-order valence-corrected chi connectivity index (χ0v) is 15.7. The fourth-order valence-corrected chi connectivity index (χ4v) is 3.71. The molecule has 0 fully saturated rings. The Morgan fingerprint density at radius 2 is 1.89 bits per heavy atom. The molecule has 0 unspecified atom stereocenters. The van der Waals surface area contributed by atoms with E-state index in [2.05, 4.69) is 9.82 Å². The highest BCUT2D eigenvalue weighted by Gasteiger charge is 2.25. The third-order valence-electron chi connectivity index (χ3n) is 3.80. The number of hydrogen-bond donors (Lipinski definition) is 1. The van der Waals surface area contributed by atoms with Crippen molar-refractivity contribution < 1.29 is 17.9 Å².